The normalized spacial score (nSPS) is 12.3. The minimum Gasteiger partial charge on any atom is -0.457 e. The Morgan fingerprint density at radius 3 is 2.45 bits per heavy atom. The smallest absolute Gasteiger partial charge is 0.349 e. The van der Waals surface area contributed by atoms with Gasteiger partial charge in [0.15, 0.2) is 0 Å². The van der Waals surface area contributed by atoms with E-state index >= 15 is 0 Å². The molecule has 0 aliphatic heterocycles. The van der Waals surface area contributed by atoms with Crippen molar-refractivity contribution in [1.29, 1.82) is 0 Å². The first kappa shape index (κ1) is 20.7. The number of nitrogens with two attached hydrogens (primary N) is 1. The summed E-state index contributed by atoms with van der Waals surface area (Å²) in [6, 6.07) is 8.51. The van der Waals surface area contributed by atoms with E-state index in [2.05, 4.69) is 4.98 Å². The topological polar surface area (TPSA) is 104 Å². The summed E-state index contributed by atoms with van der Waals surface area (Å²) in [5.41, 5.74) is 6.44. The molecule has 0 aliphatic rings. The average molecular weight is 413 g/mol. The molecule has 1 aromatic carbocycles. The van der Waals surface area contributed by atoms with E-state index < -0.39 is 17.9 Å². The van der Waals surface area contributed by atoms with E-state index in [0.29, 0.717) is 26.5 Å². The summed E-state index contributed by atoms with van der Waals surface area (Å²) in [7, 11) is 0. The van der Waals surface area contributed by atoms with Crippen molar-refractivity contribution >= 4 is 33.4 Å². The van der Waals surface area contributed by atoms with Crippen LogP contribution in [0.3, 0.4) is 0 Å². The maximum absolute atomic E-state index is 13.2. The molecule has 152 valence electrons. The quantitative estimate of drug-likeness (QED) is 0.625. The van der Waals surface area contributed by atoms with Crippen LogP contribution in [-0.2, 0) is 16.1 Å². The summed E-state index contributed by atoms with van der Waals surface area (Å²) < 4.78 is 6.75. The van der Waals surface area contributed by atoms with Gasteiger partial charge in [0, 0.05) is 5.92 Å². The molecule has 0 spiro atoms. The second kappa shape index (κ2) is 8.16. The Balaban J connectivity index is 2.06. The van der Waals surface area contributed by atoms with Crippen molar-refractivity contribution in [1.82, 2.24) is 9.55 Å². The summed E-state index contributed by atoms with van der Waals surface area (Å²) in [6.07, 6.45) is 0. The second-order valence-electron chi connectivity index (χ2n) is 7.18. The van der Waals surface area contributed by atoms with Gasteiger partial charge in [0.25, 0.3) is 5.56 Å². The zero-order valence-corrected chi connectivity index (χ0v) is 17.6. The molecule has 3 rings (SSSR count). The van der Waals surface area contributed by atoms with Crippen LogP contribution in [0.2, 0.25) is 0 Å². The van der Waals surface area contributed by atoms with E-state index in [0.717, 1.165) is 16.9 Å². The third-order valence-electron chi connectivity index (χ3n) is 4.74. The van der Waals surface area contributed by atoms with Crippen molar-refractivity contribution in [3.63, 3.8) is 0 Å². The fraction of sp³-hybridized carbons (Fsp3) is 0.333. The lowest BCUT2D eigenvalue weighted by Crippen LogP contribution is -2.35. The van der Waals surface area contributed by atoms with Crippen LogP contribution in [0.4, 0.5) is 0 Å². The van der Waals surface area contributed by atoms with Gasteiger partial charge in [-0.2, -0.15) is 0 Å². The van der Waals surface area contributed by atoms with Crippen LogP contribution in [0.1, 0.15) is 59.4 Å². The van der Waals surface area contributed by atoms with E-state index in [1.165, 1.54) is 4.57 Å². The standard InChI is InChI=1S/C21H23N3O4S/c1-11(2)18-23-19-15(20(26)24(18)13(4)17(22)25)12(3)16(29-19)21(27)28-10-14-8-6-5-7-9-14/h5-9,11,13H,10H2,1-4H3,(H2,22,25). The van der Waals surface area contributed by atoms with E-state index in [1.54, 1.807) is 13.8 Å². The van der Waals surface area contributed by atoms with Gasteiger partial charge in [0.05, 0.1) is 5.39 Å². The molecule has 29 heavy (non-hydrogen) atoms. The van der Waals surface area contributed by atoms with E-state index in [4.69, 9.17) is 10.5 Å². The van der Waals surface area contributed by atoms with Gasteiger partial charge in [-0.1, -0.05) is 44.2 Å². The van der Waals surface area contributed by atoms with E-state index in [-0.39, 0.29) is 18.1 Å². The lowest BCUT2D eigenvalue weighted by atomic mass is 10.1. The first-order valence-electron chi connectivity index (χ1n) is 9.28. The van der Waals surface area contributed by atoms with Crippen LogP contribution in [0.15, 0.2) is 35.1 Å². The van der Waals surface area contributed by atoms with Crippen molar-refractivity contribution < 1.29 is 14.3 Å². The van der Waals surface area contributed by atoms with Crippen molar-refractivity contribution in [2.24, 2.45) is 5.73 Å². The van der Waals surface area contributed by atoms with Gasteiger partial charge in [0.2, 0.25) is 5.91 Å². The van der Waals surface area contributed by atoms with Gasteiger partial charge < -0.3 is 10.5 Å². The molecule has 1 unspecified atom stereocenters. The number of rotatable bonds is 6. The number of amides is 1. The van der Waals surface area contributed by atoms with Crippen LogP contribution in [-0.4, -0.2) is 21.4 Å². The lowest BCUT2D eigenvalue weighted by Gasteiger charge is -2.18. The number of esters is 1. The fourth-order valence-corrected chi connectivity index (χ4v) is 4.18. The number of nitrogens with zero attached hydrogens (tertiary/aromatic N) is 2. The Hall–Kier alpha value is -3.00. The Kier molecular flexibility index (Phi) is 5.83. The molecule has 3 aromatic rings. The minimum absolute atomic E-state index is 0.107. The molecule has 2 N–H and O–H groups in total. The summed E-state index contributed by atoms with van der Waals surface area (Å²) in [6.45, 7) is 7.16. The predicted molar refractivity (Wildman–Crippen MR) is 112 cm³/mol. The van der Waals surface area contributed by atoms with Crippen LogP contribution in [0, 0.1) is 6.92 Å². The number of aryl methyl sites for hydroxylation is 1. The zero-order chi connectivity index (χ0) is 21.3. The van der Waals surface area contributed by atoms with Crippen LogP contribution in [0.25, 0.3) is 10.2 Å². The first-order valence-corrected chi connectivity index (χ1v) is 10.1. The zero-order valence-electron chi connectivity index (χ0n) is 16.8. The molecule has 0 radical (unpaired) electrons. The van der Waals surface area contributed by atoms with Gasteiger partial charge in [-0.25, -0.2) is 9.78 Å². The summed E-state index contributed by atoms with van der Waals surface area (Å²) >= 11 is 1.13. The van der Waals surface area contributed by atoms with Gasteiger partial charge in [-0.15, -0.1) is 11.3 Å². The van der Waals surface area contributed by atoms with Gasteiger partial charge >= 0.3 is 5.97 Å². The molecule has 0 fully saturated rings. The SMILES string of the molecule is Cc1c(C(=O)OCc2ccccc2)sc2nc(C(C)C)n(C(C)C(N)=O)c(=O)c12. The second-order valence-corrected chi connectivity index (χ2v) is 8.18. The highest BCUT2D eigenvalue weighted by Crippen LogP contribution is 2.30. The number of carbonyl (C=O) groups excluding carboxylic acids is 2. The number of thiophene rings is 1. The molecule has 2 aromatic heterocycles. The molecule has 8 heteroatoms. The number of ether oxygens (including phenoxy) is 1. The van der Waals surface area contributed by atoms with Gasteiger partial charge in [0.1, 0.15) is 28.2 Å². The van der Waals surface area contributed by atoms with E-state index in [1.807, 2.05) is 44.2 Å². The fourth-order valence-electron chi connectivity index (χ4n) is 3.10. The molecule has 0 aliphatic carbocycles. The molecular formula is C21H23N3O4S. The van der Waals surface area contributed by atoms with Crippen molar-refractivity contribution in [3.05, 3.63) is 62.5 Å². The Labute approximate surface area is 172 Å². The molecule has 0 saturated heterocycles. The van der Waals surface area contributed by atoms with Crippen LogP contribution in [0.5, 0.6) is 0 Å². The van der Waals surface area contributed by atoms with Crippen molar-refractivity contribution in [2.45, 2.75) is 46.3 Å². The molecular weight excluding hydrogens is 390 g/mol. The van der Waals surface area contributed by atoms with Gasteiger partial charge in [-0.05, 0) is 25.0 Å². The van der Waals surface area contributed by atoms with Crippen molar-refractivity contribution in [2.75, 3.05) is 0 Å². The number of fused-ring (bicyclic) bond motifs is 1. The maximum atomic E-state index is 13.2. The first-order chi connectivity index (χ1) is 13.7. The number of primary amides is 1. The number of carbonyl (C=O) groups is 2. The summed E-state index contributed by atoms with van der Waals surface area (Å²) in [5, 5.41) is 0.319. The largest absolute Gasteiger partial charge is 0.457 e. The average Bonchev–Trinajstić information content (AvgIpc) is 3.03. The monoisotopic (exact) mass is 413 g/mol. The molecule has 7 nitrogen and oxygen atoms in total. The van der Waals surface area contributed by atoms with Crippen LogP contribution >= 0.6 is 11.3 Å². The number of hydrogen-bond donors (Lipinski definition) is 1. The molecule has 0 saturated carbocycles. The Morgan fingerprint density at radius 2 is 1.86 bits per heavy atom. The molecule has 1 atom stereocenters. The van der Waals surface area contributed by atoms with E-state index in [9.17, 15) is 14.4 Å². The highest BCUT2D eigenvalue weighted by molar-refractivity contribution is 7.20. The number of benzene rings is 1. The minimum atomic E-state index is -0.843. The third-order valence-corrected chi connectivity index (χ3v) is 5.90. The van der Waals surface area contributed by atoms with Crippen LogP contribution < -0.4 is 11.3 Å². The lowest BCUT2D eigenvalue weighted by molar-refractivity contribution is -0.120. The highest BCUT2D eigenvalue weighted by atomic mass is 32.1. The Morgan fingerprint density at radius 1 is 1.21 bits per heavy atom. The predicted octanol–water partition coefficient (Wildman–Crippen LogP) is 3.29. The summed E-state index contributed by atoms with van der Waals surface area (Å²) in [4.78, 5) is 43.0. The highest BCUT2D eigenvalue weighted by Gasteiger charge is 2.26. The Bertz CT molecular complexity index is 1130. The number of aromatic nitrogens is 2. The summed E-state index contributed by atoms with van der Waals surface area (Å²) in [5.74, 6) is -0.774. The molecule has 2 heterocycles. The number of hydrogen-bond acceptors (Lipinski definition) is 6. The van der Waals surface area contributed by atoms with Gasteiger partial charge in [-0.3, -0.25) is 14.2 Å². The third kappa shape index (κ3) is 3.93. The maximum Gasteiger partial charge on any atom is 0.349 e. The van der Waals surface area contributed by atoms with Crippen molar-refractivity contribution in [3.8, 4) is 0 Å². The molecule has 1 amide bonds. The molecule has 0 bridgehead atoms.